The molecule has 1 saturated heterocycles. The average molecular weight is 305 g/mol. The highest BCUT2D eigenvalue weighted by molar-refractivity contribution is 5.76. The van der Waals surface area contributed by atoms with E-state index in [1.807, 2.05) is 19.1 Å². The number of carbonyl (C=O) groups excluding carboxylic acids is 1. The second-order valence-corrected chi connectivity index (χ2v) is 5.82. The molecule has 0 aliphatic carbocycles. The van der Waals surface area contributed by atoms with Crippen molar-refractivity contribution >= 4 is 5.91 Å². The van der Waals surface area contributed by atoms with Gasteiger partial charge in [0.15, 0.2) is 11.5 Å². The summed E-state index contributed by atoms with van der Waals surface area (Å²) in [6, 6.07) is 6.45. The van der Waals surface area contributed by atoms with Crippen LogP contribution in [-0.2, 0) is 11.2 Å². The number of rotatable bonds is 6. The molecular weight excluding hydrogens is 278 g/mol. The van der Waals surface area contributed by atoms with Crippen molar-refractivity contribution in [3.8, 4) is 11.5 Å². The van der Waals surface area contributed by atoms with E-state index in [1.165, 1.54) is 12.0 Å². The van der Waals surface area contributed by atoms with E-state index in [2.05, 4.69) is 11.0 Å². The number of nitrogens with zero attached hydrogens (tertiary/aromatic N) is 1. The van der Waals surface area contributed by atoms with Crippen LogP contribution >= 0.6 is 0 Å². The summed E-state index contributed by atoms with van der Waals surface area (Å²) in [7, 11) is 3.30. The number of aryl methyl sites for hydroxylation is 1. The van der Waals surface area contributed by atoms with Crippen LogP contribution in [0.25, 0.3) is 0 Å². The predicted molar refractivity (Wildman–Crippen MR) is 87.5 cm³/mol. The summed E-state index contributed by atoms with van der Waals surface area (Å²) < 4.78 is 10.6. The Bertz CT molecular complexity index is 501. The minimum absolute atomic E-state index is 0.289. The van der Waals surface area contributed by atoms with Crippen LogP contribution in [0.4, 0.5) is 0 Å². The number of methoxy groups -OCH3 is 2. The Morgan fingerprint density at radius 1 is 1.23 bits per heavy atom. The maximum Gasteiger partial charge on any atom is 0.222 e. The zero-order chi connectivity index (χ0) is 15.9. The molecule has 0 aromatic heterocycles. The lowest BCUT2D eigenvalue weighted by molar-refractivity contribution is -0.134. The van der Waals surface area contributed by atoms with Crippen LogP contribution in [0.1, 0.15) is 44.6 Å². The fraction of sp³-hybridized carbons (Fsp3) is 0.611. The van der Waals surface area contributed by atoms with E-state index < -0.39 is 0 Å². The normalized spacial score (nSPS) is 18.1. The number of ether oxygens (including phenoxy) is 2. The van der Waals surface area contributed by atoms with Gasteiger partial charge in [-0.2, -0.15) is 0 Å². The van der Waals surface area contributed by atoms with Crippen molar-refractivity contribution < 1.29 is 14.3 Å². The van der Waals surface area contributed by atoms with Crippen molar-refractivity contribution in [2.45, 2.75) is 51.5 Å². The maximum absolute atomic E-state index is 12.1. The first-order valence-corrected chi connectivity index (χ1v) is 8.20. The first-order valence-electron chi connectivity index (χ1n) is 8.20. The minimum Gasteiger partial charge on any atom is -0.493 e. The van der Waals surface area contributed by atoms with Crippen LogP contribution in [0.2, 0.25) is 0 Å². The number of hydrogen-bond acceptors (Lipinski definition) is 3. The third-order valence-electron chi connectivity index (χ3n) is 4.46. The first kappa shape index (κ1) is 16.7. The lowest BCUT2D eigenvalue weighted by Gasteiger charge is -2.36. The zero-order valence-electron chi connectivity index (χ0n) is 13.9. The molecule has 22 heavy (non-hydrogen) atoms. The molecule has 122 valence electrons. The Morgan fingerprint density at radius 2 is 2.00 bits per heavy atom. The molecule has 0 spiro atoms. The first-order chi connectivity index (χ1) is 10.7. The highest BCUT2D eigenvalue weighted by atomic mass is 16.5. The summed E-state index contributed by atoms with van der Waals surface area (Å²) in [6.07, 6.45) is 6.06. The molecule has 0 saturated carbocycles. The van der Waals surface area contributed by atoms with Crippen molar-refractivity contribution in [1.82, 2.24) is 4.90 Å². The molecule has 1 atom stereocenters. The molecule has 1 aliphatic heterocycles. The molecule has 0 N–H and O–H groups in total. The average Bonchev–Trinajstić information content (AvgIpc) is 2.59. The summed E-state index contributed by atoms with van der Waals surface area (Å²) >= 11 is 0. The van der Waals surface area contributed by atoms with E-state index in [1.54, 1.807) is 14.2 Å². The van der Waals surface area contributed by atoms with Crippen LogP contribution in [0.15, 0.2) is 18.2 Å². The Labute approximate surface area is 133 Å². The summed E-state index contributed by atoms with van der Waals surface area (Å²) in [6.45, 7) is 2.87. The lowest BCUT2D eigenvalue weighted by atomic mass is 9.95. The van der Waals surface area contributed by atoms with Gasteiger partial charge in [-0.1, -0.05) is 13.0 Å². The van der Waals surface area contributed by atoms with Gasteiger partial charge in [-0.25, -0.2) is 0 Å². The van der Waals surface area contributed by atoms with Gasteiger partial charge in [0.2, 0.25) is 5.91 Å². The van der Waals surface area contributed by atoms with Gasteiger partial charge in [0.25, 0.3) is 0 Å². The van der Waals surface area contributed by atoms with E-state index in [4.69, 9.17) is 9.47 Å². The van der Waals surface area contributed by atoms with Gasteiger partial charge in [0.05, 0.1) is 14.2 Å². The molecule has 1 aromatic carbocycles. The topological polar surface area (TPSA) is 38.8 Å². The molecule has 1 aliphatic rings. The molecule has 1 heterocycles. The standard InChI is InChI=1S/C18H27NO3/c1-4-18(20)19-12-6-5-7-15(19)10-8-14-9-11-16(21-2)17(13-14)22-3/h9,11,13,15H,4-8,10,12H2,1-3H3/t15-/m0/s1. The SMILES string of the molecule is CCC(=O)N1CCCC[C@H]1CCc1ccc(OC)c(OC)c1. The van der Waals surface area contributed by atoms with Gasteiger partial charge in [-0.05, 0) is 49.8 Å². The van der Waals surface area contributed by atoms with Crippen molar-refractivity contribution in [1.29, 1.82) is 0 Å². The predicted octanol–water partition coefficient (Wildman–Crippen LogP) is 3.43. The molecule has 1 amide bonds. The fourth-order valence-electron chi connectivity index (χ4n) is 3.20. The quantitative estimate of drug-likeness (QED) is 0.808. The summed E-state index contributed by atoms with van der Waals surface area (Å²) in [5.41, 5.74) is 1.23. The van der Waals surface area contributed by atoms with Gasteiger partial charge in [-0.15, -0.1) is 0 Å². The fourth-order valence-corrected chi connectivity index (χ4v) is 3.20. The Hall–Kier alpha value is -1.71. The molecule has 0 unspecified atom stereocenters. The van der Waals surface area contributed by atoms with Crippen LogP contribution in [-0.4, -0.2) is 37.6 Å². The Balaban J connectivity index is 2.00. The maximum atomic E-state index is 12.1. The number of piperidine rings is 1. The molecule has 1 fully saturated rings. The lowest BCUT2D eigenvalue weighted by Crippen LogP contribution is -2.43. The highest BCUT2D eigenvalue weighted by Crippen LogP contribution is 2.29. The number of benzene rings is 1. The van der Waals surface area contributed by atoms with Crippen molar-refractivity contribution in [3.63, 3.8) is 0 Å². The second-order valence-electron chi connectivity index (χ2n) is 5.82. The third-order valence-corrected chi connectivity index (χ3v) is 4.46. The van der Waals surface area contributed by atoms with Crippen LogP contribution in [0, 0.1) is 0 Å². The van der Waals surface area contributed by atoms with Gasteiger partial charge < -0.3 is 14.4 Å². The highest BCUT2D eigenvalue weighted by Gasteiger charge is 2.25. The molecular formula is C18H27NO3. The van der Waals surface area contributed by atoms with E-state index in [0.29, 0.717) is 12.5 Å². The minimum atomic E-state index is 0.289. The zero-order valence-corrected chi connectivity index (χ0v) is 13.9. The monoisotopic (exact) mass is 305 g/mol. The van der Waals surface area contributed by atoms with E-state index >= 15 is 0 Å². The van der Waals surface area contributed by atoms with Gasteiger partial charge >= 0.3 is 0 Å². The Kier molecular flexibility index (Phi) is 6.10. The van der Waals surface area contributed by atoms with Crippen molar-refractivity contribution in [2.75, 3.05) is 20.8 Å². The van der Waals surface area contributed by atoms with Crippen molar-refractivity contribution in [2.24, 2.45) is 0 Å². The molecule has 0 bridgehead atoms. The number of carbonyl (C=O) groups is 1. The van der Waals surface area contributed by atoms with Crippen LogP contribution in [0.3, 0.4) is 0 Å². The van der Waals surface area contributed by atoms with Crippen molar-refractivity contribution in [3.05, 3.63) is 23.8 Å². The van der Waals surface area contributed by atoms with Gasteiger partial charge in [0.1, 0.15) is 0 Å². The molecule has 4 heteroatoms. The smallest absolute Gasteiger partial charge is 0.222 e. The number of likely N-dealkylation sites (tertiary alicyclic amines) is 1. The van der Waals surface area contributed by atoms with Gasteiger partial charge in [0, 0.05) is 19.0 Å². The van der Waals surface area contributed by atoms with Crippen LogP contribution < -0.4 is 9.47 Å². The van der Waals surface area contributed by atoms with E-state index in [9.17, 15) is 4.79 Å². The molecule has 4 nitrogen and oxygen atoms in total. The largest absolute Gasteiger partial charge is 0.493 e. The summed E-state index contributed by atoms with van der Waals surface area (Å²) in [5.74, 6) is 1.81. The summed E-state index contributed by atoms with van der Waals surface area (Å²) in [4.78, 5) is 14.1. The molecule has 2 rings (SSSR count). The molecule has 1 aromatic rings. The van der Waals surface area contributed by atoms with E-state index in [-0.39, 0.29) is 5.91 Å². The van der Waals surface area contributed by atoms with Crippen LogP contribution in [0.5, 0.6) is 11.5 Å². The van der Waals surface area contributed by atoms with Gasteiger partial charge in [-0.3, -0.25) is 4.79 Å². The Morgan fingerprint density at radius 3 is 2.68 bits per heavy atom. The number of amides is 1. The second kappa shape index (κ2) is 8.06. The number of hydrogen-bond donors (Lipinski definition) is 0. The van der Waals surface area contributed by atoms with E-state index in [0.717, 1.165) is 43.7 Å². The summed E-state index contributed by atoms with van der Waals surface area (Å²) in [5, 5.41) is 0. The third kappa shape index (κ3) is 3.93. The molecule has 0 radical (unpaired) electrons.